The standard InChI is InChI=1S/C22H22O6/c1-26-20(24)22(21(25)27-2)12-16-11-19(23)17(18(16)13-22)9-6-10-28-14-15-7-4-3-5-8-15/h3-5,7-8,16H,10-14H2,1-2H3. The maximum absolute atomic E-state index is 12.3. The first kappa shape index (κ1) is 19.8. The van der Waals surface area contributed by atoms with Crippen LogP contribution in [-0.4, -0.2) is 38.5 Å². The zero-order valence-corrected chi connectivity index (χ0v) is 15.9. The van der Waals surface area contributed by atoms with Crippen LogP contribution >= 0.6 is 0 Å². The molecule has 1 unspecified atom stereocenters. The molecule has 0 radical (unpaired) electrons. The van der Waals surface area contributed by atoms with Gasteiger partial charge in [0, 0.05) is 6.42 Å². The van der Waals surface area contributed by atoms with Crippen molar-refractivity contribution in [3.05, 3.63) is 47.0 Å². The van der Waals surface area contributed by atoms with Gasteiger partial charge < -0.3 is 14.2 Å². The predicted octanol–water partition coefficient (Wildman–Crippen LogP) is 2.22. The van der Waals surface area contributed by atoms with Gasteiger partial charge in [0.15, 0.2) is 11.2 Å². The van der Waals surface area contributed by atoms with Crippen molar-refractivity contribution in [1.82, 2.24) is 0 Å². The summed E-state index contributed by atoms with van der Waals surface area (Å²) in [5.74, 6) is 4.26. The molecule has 1 fully saturated rings. The van der Waals surface area contributed by atoms with E-state index in [4.69, 9.17) is 14.2 Å². The number of benzene rings is 1. The van der Waals surface area contributed by atoms with Crippen LogP contribution in [0.5, 0.6) is 0 Å². The zero-order chi connectivity index (χ0) is 20.1. The van der Waals surface area contributed by atoms with Crippen molar-refractivity contribution in [3.8, 4) is 11.8 Å². The molecular weight excluding hydrogens is 360 g/mol. The summed E-state index contributed by atoms with van der Waals surface area (Å²) in [5.41, 5.74) is 0.792. The fourth-order valence-corrected chi connectivity index (χ4v) is 3.93. The number of Topliss-reactive ketones (excluding diaryl/α,β-unsaturated/α-hetero) is 1. The Morgan fingerprint density at radius 2 is 1.82 bits per heavy atom. The summed E-state index contributed by atoms with van der Waals surface area (Å²) in [6, 6.07) is 9.72. The molecular formula is C22H22O6. The zero-order valence-electron chi connectivity index (χ0n) is 15.9. The Bertz CT molecular complexity index is 855. The SMILES string of the molecule is COC(=O)C1(C(=O)OC)CC2=C(C#CCOCc3ccccc3)C(=O)CC2C1. The molecule has 1 saturated carbocycles. The van der Waals surface area contributed by atoms with Crippen LogP contribution in [0.4, 0.5) is 0 Å². The Kier molecular flexibility index (Phi) is 5.96. The van der Waals surface area contributed by atoms with Crippen LogP contribution in [0, 0.1) is 23.2 Å². The average Bonchev–Trinajstić information content (AvgIpc) is 3.22. The highest BCUT2D eigenvalue weighted by Gasteiger charge is 2.58. The number of ether oxygens (including phenoxy) is 3. The molecule has 6 nitrogen and oxygen atoms in total. The molecule has 1 aromatic carbocycles. The monoisotopic (exact) mass is 382 g/mol. The van der Waals surface area contributed by atoms with E-state index in [0.29, 0.717) is 12.2 Å². The number of hydrogen-bond acceptors (Lipinski definition) is 6. The Labute approximate surface area is 163 Å². The van der Waals surface area contributed by atoms with Gasteiger partial charge in [-0.1, -0.05) is 42.2 Å². The first-order valence-electron chi connectivity index (χ1n) is 9.05. The molecule has 3 rings (SSSR count). The van der Waals surface area contributed by atoms with Gasteiger partial charge in [-0.05, 0) is 29.9 Å². The maximum Gasteiger partial charge on any atom is 0.323 e. The molecule has 0 amide bonds. The van der Waals surface area contributed by atoms with Gasteiger partial charge in [-0.2, -0.15) is 0 Å². The first-order chi connectivity index (χ1) is 13.5. The smallest absolute Gasteiger partial charge is 0.323 e. The van der Waals surface area contributed by atoms with E-state index in [2.05, 4.69) is 11.8 Å². The molecule has 0 aromatic heterocycles. The summed E-state index contributed by atoms with van der Waals surface area (Å²) in [5, 5.41) is 0. The lowest BCUT2D eigenvalue weighted by Gasteiger charge is -2.23. The van der Waals surface area contributed by atoms with Crippen molar-refractivity contribution < 1.29 is 28.6 Å². The summed E-state index contributed by atoms with van der Waals surface area (Å²) in [7, 11) is 2.48. The highest BCUT2D eigenvalue weighted by molar-refractivity contribution is 6.06. The first-order valence-corrected chi connectivity index (χ1v) is 9.05. The van der Waals surface area contributed by atoms with Gasteiger partial charge in [0.1, 0.15) is 6.61 Å². The highest BCUT2D eigenvalue weighted by atomic mass is 16.5. The summed E-state index contributed by atoms with van der Waals surface area (Å²) in [4.78, 5) is 36.9. The Balaban J connectivity index is 1.73. The fourth-order valence-electron chi connectivity index (χ4n) is 3.93. The molecule has 1 atom stereocenters. The summed E-state index contributed by atoms with van der Waals surface area (Å²) in [6.45, 7) is 0.620. The van der Waals surface area contributed by atoms with E-state index in [0.717, 1.165) is 11.1 Å². The number of hydrogen-bond donors (Lipinski definition) is 0. The van der Waals surface area contributed by atoms with Crippen molar-refractivity contribution >= 4 is 17.7 Å². The number of allylic oxidation sites excluding steroid dienone is 2. The molecule has 0 bridgehead atoms. The Morgan fingerprint density at radius 3 is 2.46 bits per heavy atom. The molecule has 1 aromatic rings. The van der Waals surface area contributed by atoms with Gasteiger partial charge in [-0.25, -0.2) is 0 Å². The fraction of sp³-hybridized carbons (Fsp3) is 0.409. The lowest BCUT2D eigenvalue weighted by Crippen LogP contribution is -2.39. The van der Waals surface area contributed by atoms with E-state index in [-0.39, 0.29) is 37.6 Å². The van der Waals surface area contributed by atoms with Gasteiger partial charge in [0.05, 0.1) is 26.4 Å². The molecule has 146 valence electrons. The van der Waals surface area contributed by atoms with Crippen LogP contribution in [0.2, 0.25) is 0 Å². The van der Waals surface area contributed by atoms with Gasteiger partial charge in [-0.3, -0.25) is 14.4 Å². The van der Waals surface area contributed by atoms with Crippen molar-refractivity contribution in [3.63, 3.8) is 0 Å². The molecule has 0 N–H and O–H groups in total. The number of fused-ring (bicyclic) bond motifs is 1. The maximum atomic E-state index is 12.3. The van der Waals surface area contributed by atoms with E-state index >= 15 is 0 Å². The van der Waals surface area contributed by atoms with Crippen molar-refractivity contribution in [2.75, 3.05) is 20.8 Å². The second kappa shape index (κ2) is 8.41. The van der Waals surface area contributed by atoms with E-state index in [9.17, 15) is 14.4 Å². The Morgan fingerprint density at radius 1 is 1.14 bits per heavy atom. The quantitative estimate of drug-likeness (QED) is 0.336. The predicted molar refractivity (Wildman–Crippen MR) is 99.7 cm³/mol. The second-order valence-electron chi connectivity index (χ2n) is 6.95. The van der Waals surface area contributed by atoms with Crippen LogP contribution < -0.4 is 0 Å². The number of ketones is 1. The average molecular weight is 382 g/mol. The molecule has 0 aliphatic heterocycles. The molecule has 28 heavy (non-hydrogen) atoms. The second-order valence-corrected chi connectivity index (χ2v) is 6.95. The van der Waals surface area contributed by atoms with Gasteiger partial charge in [0.25, 0.3) is 0 Å². The molecule has 2 aliphatic carbocycles. The minimum atomic E-state index is -1.39. The van der Waals surface area contributed by atoms with E-state index < -0.39 is 17.4 Å². The van der Waals surface area contributed by atoms with Crippen molar-refractivity contribution in [1.29, 1.82) is 0 Å². The summed E-state index contributed by atoms with van der Waals surface area (Å²) < 4.78 is 15.2. The van der Waals surface area contributed by atoms with Gasteiger partial charge >= 0.3 is 11.9 Å². The molecule has 0 saturated heterocycles. The number of rotatable bonds is 5. The van der Waals surface area contributed by atoms with Crippen LogP contribution in [0.1, 0.15) is 24.8 Å². The summed E-state index contributed by atoms with van der Waals surface area (Å²) >= 11 is 0. The van der Waals surface area contributed by atoms with E-state index in [1.54, 1.807) is 0 Å². The van der Waals surface area contributed by atoms with Crippen LogP contribution in [0.3, 0.4) is 0 Å². The van der Waals surface area contributed by atoms with Crippen LogP contribution in [0.25, 0.3) is 0 Å². The summed E-state index contributed by atoms with van der Waals surface area (Å²) in [6.07, 6.45) is 0.570. The van der Waals surface area contributed by atoms with Crippen LogP contribution in [0.15, 0.2) is 41.5 Å². The topological polar surface area (TPSA) is 78.9 Å². The number of esters is 2. The van der Waals surface area contributed by atoms with Gasteiger partial charge in [0.2, 0.25) is 0 Å². The number of methoxy groups -OCH3 is 2. The number of carbonyl (C=O) groups excluding carboxylic acids is 3. The molecule has 2 aliphatic rings. The number of carbonyl (C=O) groups is 3. The third kappa shape index (κ3) is 3.71. The molecule has 0 spiro atoms. The minimum Gasteiger partial charge on any atom is -0.468 e. The normalized spacial score (nSPS) is 19.6. The third-order valence-electron chi connectivity index (χ3n) is 5.26. The largest absolute Gasteiger partial charge is 0.468 e. The molecule has 0 heterocycles. The lowest BCUT2D eigenvalue weighted by atomic mass is 9.84. The third-order valence-corrected chi connectivity index (χ3v) is 5.26. The van der Waals surface area contributed by atoms with E-state index in [1.807, 2.05) is 30.3 Å². The highest BCUT2D eigenvalue weighted by Crippen LogP contribution is 2.52. The lowest BCUT2D eigenvalue weighted by molar-refractivity contribution is -0.168. The minimum absolute atomic E-state index is 0.0566. The van der Waals surface area contributed by atoms with E-state index in [1.165, 1.54) is 14.2 Å². The van der Waals surface area contributed by atoms with Crippen molar-refractivity contribution in [2.45, 2.75) is 25.9 Å². The van der Waals surface area contributed by atoms with Crippen molar-refractivity contribution in [2.24, 2.45) is 11.3 Å². The van der Waals surface area contributed by atoms with Gasteiger partial charge in [-0.15, -0.1) is 0 Å². The Hall–Kier alpha value is -2.91. The van der Waals surface area contributed by atoms with Crippen LogP contribution in [-0.2, 0) is 35.2 Å². The molecule has 6 heteroatoms.